The van der Waals surface area contributed by atoms with Gasteiger partial charge in [0.2, 0.25) is 0 Å². The van der Waals surface area contributed by atoms with Crippen LogP contribution in [0.5, 0.6) is 0 Å². The lowest BCUT2D eigenvalue weighted by atomic mass is 10.0. The first kappa shape index (κ1) is 16.1. The smallest absolute Gasteiger partial charge is 0.290 e. The second-order valence-corrected chi connectivity index (χ2v) is 6.37. The average Bonchev–Trinajstić information content (AvgIpc) is 2.54. The van der Waals surface area contributed by atoms with Crippen LogP contribution in [0, 0.1) is 13.8 Å². The molecular weight excluding hydrogens is 298 g/mol. The maximum Gasteiger partial charge on any atom is 0.348 e. The molecule has 4 heteroatoms. The highest BCUT2D eigenvalue weighted by Crippen LogP contribution is 2.25. The van der Waals surface area contributed by atoms with E-state index in [-0.39, 0.29) is 5.69 Å². The average molecular weight is 319 g/mol. The number of hydrogen-bond donors (Lipinski definition) is 1. The van der Waals surface area contributed by atoms with Crippen molar-refractivity contribution in [1.82, 2.24) is 15.0 Å². The second kappa shape index (κ2) is 6.40. The second-order valence-electron chi connectivity index (χ2n) is 6.37. The van der Waals surface area contributed by atoms with Crippen molar-refractivity contribution in [2.75, 3.05) is 0 Å². The van der Waals surface area contributed by atoms with E-state index in [4.69, 9.17) is 0 Å². The lowest BCUT2D eigenvalue weighted by Gasteiger charge is -2.10. The van der Waals surface area contributed by atoms with Crippen LogP contribution in [0.25, 0.3) is 22.8 Å². The minimum atomic E-state index is -0.384. The van der Waals surface area contributed by atoms with E-state index in [0.717, 1.165) is 22.3 Å². The Morgan fingerprint density at radius 2 is 1.54 bits per heavy atom. The van der Waals surface area contributed by atoms with Gasteiger partial charge >= 0.3 is 5.69 Å². The summed E-state index contributed by atoms with van der Waals surface area (Å²) in [5.41, 5.74) is 4.81. The Morgan fingerprint density at radius 3 is 2.12 bits per heavy atom. The van der Waals surface area contributed by atoms with Crippen molar-refractivity contribution >= 4 is 0 Å². The summed E-state index contributed by atoms with van der Waals surface area (Å²) in [4.78, 5) is 23.5. The molecule has 0 bridgehead atoms. The molecule has 0 radical (unpaired) electrons. The van der Waals surface area contributed by atoms with Crippen molar-refractivity contribution in [3.05, 3.63) is 69.6 Å². The summed E-state index contributed by atoms with van der Waals surface area (Å²) in [5.74, 6) is 1.48. The summed E-state index contributed by atoms with van der Waals surface area (Å²) in [7, 11) is 0. The van der Waals surface area contributed by atoms with E-state index in [2.05, 4.69) is 40.9 Å². The zero-order valence-electron chi connectivity index (χ0n) is 14.4. The third-order valence-corrected chi connectivity index (χ3v) is 4.20. The summed E-state index contributed by atoms with van der Waals surface area (Å²) in [6.45, 7) is 8.33. The first-order valence-electron chi connectivity index (χ1n) is 8.11. The molecule has 0 amide bonds. The third-order valence-electron chi connectivity index (χ3n) is 4.20. The van der Waals surface area contributed by atoms with E-state index in [9.17, 15) is 4.79 Å². The fourth-order valence-corrected chi connectivity index (χ4v) is 2.84. The Morgan fingerprint density at radius 1 is 0.917 bits per heavy atom. The Labute approximate surface area is 141 Å². The highest BCUT2D eigenvalue weighted by molar-refractivity contribution is 5.66. The van der Waals surface area contributed by atoms with E-state index in [1.165, 1.54) is 5.56 Å². The van der Waals surface area contributed by atoms with Crippen LogP contribution in [0.2, 0.25) is 0 Å². The SMILES string of the molecule is Cc1cccc(C)c1-c1nc(-c2ccc(C(C)C)cc2)nc(=O)[nH]1. The predicted octanol–water partition coefficient (Wildman–Crippen LogP) is 4.24. The van der Waals surface area contributed by atoms with E-state index in [1.807, 2.05) is 44.2 Å². The van der Waals surface area contributed by atoms with Gasteiger partial charge in [0.05, 0.1) is 0 Å². The van der Waals surface area contributed by atoms with Crippen molar-refractivity contribution < 1.29 is 0 Å². The molecule has 0 saturated heterocycles. The van der Waals surface area contributed by atoms with Gasteiger partial charge < -0.3 is 0 Å². The topological polar surface area (TPSA) is 58.6 Å². The summed E-state index contributed by atoms with van der Waals surface area (Å²) < 4.78 is 0. The number of nitrogens with one attached hydrogen (secondary N) is 1. The van der Waals surface area contributed by atoms with Crippen LogP contribution in [0.3, 0.4) is 0 Å². The van der Waals surface area contributed by atoms with Crippen LogP contribution >= 0.6 is 0 Å². The number of benzene rings is 2. The molecule has 0 unspecified atom stereocenters. The molecule has 1 aromatic heterocycles. The van der Waals surface area contributed by atoms with Crippen molar-refractivity contribution in [2.45, 2.75) is 33.6 Å². The number of hydrogen-bond acceptors (Lipinski definition) is 3. The predicted molar refractivity (Wildman–Crippen MR) is 97.1 cm³/mol. The van der Waals surface area contributed by atoms with Gasteiger partial charge in [-0.25, -0.2) is 9.78 Å². The van der Waals surface area contributed by atoms with Crippen molar-refractivity contribution in [1.29, 1.82) is 0 Å². The molecule has 0 spiro atoms. The van der Waals surface area contributed by atoms with E-state index in [0.29, 0.717) is 17.6 Å². The Kier molecular flexibility index (Phi) is 4.30. The van der Waals surface area contributed by atoms with Crippen molar-refractivity contribution in [3.63, 3.8) is 0 Å². The maximum atomic E-state index is 12.0. The molecule has 0 saturated carbocycles. The van der Waals surface area contributed by atoms with Crippen molar-refractivity contribution in [3.8, 4) is 22.8 Å². The van der Waals surface area contributed by atoms with Crippen LogP contribution in [0.15, 0.2) is 47.3 Å². The largest absolute Gasteiger partial charge is 0.348 e. The lowest BCUT2D eigenvalue weighted by Crippen LogP contribution is -2.15. The van der Waals surface area contributed by atoms with Gasteiger partial charge in [0.15, 0.2) is 5.82 Å². The van der Waals surface area contributed by atoms with Gasteiger partial charge in [0.1, 0.15) is 5.82 Å². The standard InChI is InChI=1S/C20H21N3O/c1-12(2)15-8-10-16(11-9-15)18-21-19(23-20(24)22-18)17-13(3)6-5-7-14(17)4/h5-12H,1-4H3,(H,21,22,23,24). The maximum absolute atomic E-state index is 12.0. The fourth-order valence-electron chi connectivity index (χ4n) is 2.84. The van der Waals surface area contributed by atoms with Gasteiger partial charge in [0.25, 0.3) is 0 Å². The highest BCUT2D eigenvalue weighted by atomic mass is 16.1. The molecular formula is C20H21N3O. The minimum Gasteiger partial charge on any atom is -0.290 e. The zero-order valence-corrected chi connectivity index (χ0v) is 14.4. The van der Waals surface area contributed by atoms with Crippen LogP contribution in [-0.2, 0) is 0 Å². The third kappa shape index (κ3) is 3.13. The molecule has 24 heavy (non-hydrogen) atoms. The van der Waals surface area contributed by atoms with Gasteiger partial charge in [-0.2, -0.15) is 4.98 Å². The first-order valence-corrected chi connectivity index (χ1v) is 8.11. The number of aromatic nitrogens is 3. The molecule has 2 aromatic carbocycles. The summed E-state index contributed by atoms with van der Waals surface area (Å²) in [5, 5.41) is 0. The van der Waals surface area contributed by atoms with Crippen LogP contribution in [0.1, 0.15) is 36.5 Å². The molecule has 0 aliphatic rings. The minimum absolute atomic E-state index is 0.384. The summed E-state index contributed by atoms with van der Waals surface area (Å²) in [6, 6.07) is 14.1. The van der Waals surface area contributed by atoms with Crippen LogP contribution in [0.4, 0.5) is 0 Å². The van der Waals surface area contributed by atoms with Crippen LogP contribution in [-0.4, -0.2) is 15.0 Å². The molecule has 0 fully saturated rings. The number of aromatic amines is 1. The Hall–Kier alpha value is -2.75. The molecule has 4 nitrogen and oxygen atoms in total. The molecule has 0 aliphatic heterocycles. The number of rotatable bonds is 3. The van der Waals surface area contributed by atoms with Gasteiger partial charge in [-0.3, -0.25) is 4.98 Å². The van der Waals surface area contributed by atoms with Crippen molar-refractivity contribution in [2.24, 2.45) is 0 Å². The first-order chi connectivity index (χ1) is 11.5. The highest BCUT2D eigenvalue weighted by Gasteiger charge is 2.12. The Bertz CT molecular complexity index is 904. The molecule has 1 heterocycles. The van der Waals surface area contributed by atoms with E-state index < -0.39 is 0 Å². The Balaban J connectivity index is 2.11. The normalized spacial score (nSPS) is 11.0. The zero-order chi connectivity index (χ0) is 17.3. The number of aryl methyl sites for hydroxylation is 2. The van der Waals surface area contributed by atoms with Gasteiger partial charge in [0, 0.05) is 11.1 Å². The fraction of sp³-hybridized carbons (Fsp3) is 0.250. The van der Waals surface area contributed by atoms with Gasteiger partial charge in [-0.05, 0) is 36.5 Å². The lowest BCUT2D eigenvalue weighted by molar-refractivity contribution is 0.866. The van der Waals surface area contributed by atoms with Gasteiger partial charge in [-0.15, -0.1) is 0 Å². The van der Waals surface area contributed by atoms with Crippen LogP contribution < -0.4 is 5.69 Å². The number of nitrogens with zero attached hydrogens (tertiary/aromatic N) is 2. The summed E-state index contributed by atoms with van der Waals surface area (Å²) in [6.07, 6.45) is 0. The van der Waals surface area contributed by atoms with Gasteiger partial charge in [-0.1, -0.05) is 56.3 Å². The molecule has 1 N–H and O–H groups in total. The monoisotopic (exact) mass is 319 g/mol. The number of H-pyrrole nitrogens is 1. The van der Waals surface area contributed by atoms with E-state index >= 15 is 0 Å². The molecule has 3 aromatic rings. The molecule has 122 valence electrons. The molecule has 0 atom stereocenters. The molecule has 3 rings (SSSR count). The molecule has 0 aliphatic carbocycles. The summed E-state index contributed by atoms with van der Waals surface area (Å²) >= 11 is 0. The van der Waals surface area contributed by atoms with E-state index in [1.54, 1.807) is 0 Å². The quantitative estimate of drug-likeness (QED) is 0.785.